The summed E-state index contributed by atoms with van der Waals surface area (Å²) in [6, 6.07) is 1.73. The molecule has 1 aliphatic rings. The number of thiophene rings is 1. The second kappa shape index (κ2) is 6.08. The lowest BCUT2D eigenvalue weighted by Crippen LogP contribution is -2.42. The van der Waals surface area contributed by atoms with Gasteiger partial charge in [-0.2, -0.15) is 16.3 Å². The molecule has 0 aliphatic carbocycles. The highest BCUT2D eigenvalue weighted by Gasteiger charge is 2.33. The van der Waals surface area contributed by atoms with Gasteiger partial charge < -0.3 is 20.1 Å². The van der Waals surface area contributed by atoms with Crippen LogP contribution in [-0.2, 0) is 5.54 Å². The van der Waals surface area contributed by atoms with Crippen molar-refractivity contribution in [1.82, 2.24) is 20.6 Å². The molecule has 2 aromatic heterocycles. The van der Waals surface area contributed by atoms with Crippen molar-refractivity contribution < 1.29 is 19.1 Å². The van der Waals surface area contributed by atoms with E-state index in [0.717, 1.165) is 0 Å². The summed E-state index contributed by atoms with van der Waals surface area (Å²) in [6.45, 7) is 3.48. The molecule has 2 N–H and O–H groups in total. The second-order valence-electron chi connectivity index (χ2n) is 5.61. The van der Waals surface area contributed by atoms with Gasteiger partial charge in [0.1, 0.15) is 0 Å². The number of fused-ring (bicyclic) bond motifs is 1. The van der Waals surface area contributed by atoms with E-state index in [0.29, 0.717) is 5.56 Å². The number of nitrogens with one attached hydrogen (secondary N) is 2. The van der Waals surface area contributed by atoms with Gasteiger partial charge >= 0.3 is 0 Å². The van der Waals surface area contributed by atoms with E-state index in [1.165, 1.54) is 18.4 Å². The Hall–Kier alpha value is -2.68. The highest BCUT2D eigenvalue weighted by atomic mass is 32.1. The first-order valence-corrected chi connectivity index (χ1v) is 8.11. The number of aromatic nitrogens is 2. The van der Waals surface area contributed by atoms with Crippen LogP contribution in [0.25, 0.3) is 0 Å². The number of nitrogens with zero attached hydrogens (tertiary/aromatic N) is 2. The van der Waals surface area contributed by atoms with Crippen LogP contribution in [0.4, 0.5) is 0 Å². The van der Waals surface area contributed by atoms with Gasteiger partial charge in [-0.1, -0.05) is 0 Å². The molecule has 0 aromatic carbocycles. The minimum atomic E-state index is -0.914. The SMILES string of the molecule is CNC(=O)c1nc(C(C)(C)NC(=O)c2ccsc2)nc2c1OCO2. The van der Waals surface area contributed by atoms with Gasteiger partial charge in [0, 0.05) is 12.4 Å². The molecule has 0 spiro atoms. The van der Waals surface area contributed by atoms with Gasteiger partial charge in [-0.05, 0) is 25.3 Å². The Morgan fingerprint density at radius 2 is 2.04 bits per heavy atom. The van der Waals surface area contributed by atoms with Crippen LogP contribution in [-0.4, -0.2) is 35.6 Å². The Bertz CT molecular complexity index is 789. The molecule has 0 bridgehead atoms. The zero-order valence-electron chi connectivity index (χ0n) is 13.4. The Balaban J connectivity index is 1.95. The summed E-state index contributed by atoms with van der Waals surface area (Å²) in [4.78, 5) is 32.9. The summed E-state index contributed by atoms with van der Waals surface area (Å²) in [7, 11) is 1.50. The van der Waals surface area contributed by atoms with Crippen LogP contribution in [0.3, 0.4) is 0 Å². The third-order valence-corrected chi connectivity index (χ3v) is 4.13. The number of carbonyl (C=O) groups excluding carboxylic acids is 2. The molecular weight excluding hydrogens is 332 g/mol. The van der Waals surface area contributed by atoms with Crippen molar-refractivity contribution in [3.8, 4) is 11.6 Å². The van der Waals surface area contributed by atoms with Gasteiger partial charge in [-0.25, -0.2) is 4.98 Å². The molecule has 0 unspecified atom stereocenters. The van der Waals surface area contributed by atoms with Crippen LogP contribution >= 0.6 is 11.3 Å². The van der Waals surface area contributed by atoms with Crippen LogP contribution in [0.15, 0.2) is 16.8 Å². The van der Waals surface area contributed by atoms with Gasteiger partial charge in [-0.15, -0.1) is 0 Å². The minimum absolute atomic E-state index is 0.0286. The number of amides is 2. The van der Waals surface area contributed by atoms with Crippen molar-refractivity contribution in [3.63, 3.8) is 0 Å². The molecule has 9 heteroatoms. The largest absolute Gasteiger partial charge is 0.449 e. The fourth-order valence-corrected chi connectivity index (χ4v) is 2.80. The molecule has 0 radical (unpaired) electrons. The third-order valence-electron chi connectivity index (χ3n) is 3.44. The monoisotopic (exact) mass is 348 g/mol. The third kappa shape index (κ3) is 2.90. The maximum absolute atomic E-state index is 12.3. The summed E-state index contributed by atoms with van der Waals surface area (Å²) < 4.78 is 10.5. The van der Waals surface area contributed by atoms with Crippen molar-refractivity contribution in [2.24, 2.45) is 0 Å². The van der Waals surface area contributed by atoms with Gasteiger partial charge in [0.15, 0.2) is 11.5 Å². The van der Waals surface area contributed by atoms with E-state index in [1.54, 1.807) is 25.3 Å². The van der Waals surface area contributed by atoms with Crippen LogP contribution in [0.1, 0.15) is 40.5 Å². The quantitative estimate of drug-likeness (QED) is 0.863. The van der Waals surface area contributed by atoms with E-state index in [1.807, 2.05) is 5.38 Å². The summed E-state index contributed by atoms with van der Waals surface area (Å²) in [5.41, 5.74) is -0.281. The van der Waals surface area contributed by atoms with E-state index in [2.05, 4.69) is 20.6 Å². The standard InChI is InChI=1S/C15H16N4O4S/c1-15(2,19-11(20)8-4-5-24-6-8)14-17-9(12(21)16-3)10-13(18-14)23-7-22-10/h4-6H,7H2,1-3H3,(H,16,21)(H,19,20). The number of ether oxygens (including phenoxy) is 2. The maximum atomic E-state index is 12.3. The molecule has 24 heavy (non-hydrogen) atoms. The van der Waals surface area contributed by atoms with E-state index < -0.39 is 11.4 Å². The molecule has 0 saturated carbocycles. The second-order valence-corrected chi connectivity index (χ2v) is 6.39. The average Bonchev–Trinajstić information content (AvgIpc) is 3.23. The summed E-state index contributed by atoms with van der Waals surface area (Å²) >= 11 is 1.43. The zero-order chi connectivity index (χ0) is 17.3. The van der Waals surface area contributed by atoms with Crippen molar-refractivity contribution in [3.05, 3.63) is 33.9 Å². The number of rotatable bonds is 4. The Morgan fingerprint density at radius 1 is 1.25 bits per heavy atom. The highest BCUT2D eigenvalue weighted by molar-refractivity contribution is 7.08. The summed E-state index contributed by atoms with van der Waals surface area (Å²) in [5.74, 6) is -0.00665. The Kier molecular flexibility index (Phi) is 4.10. The number of hydrogen-bond donors (Lipinski definition) is 2. The smallest absolute Gasteiger partial charge is 0.273 e. The predicted molar refractivity (Wildman–Crippen MR) is 86.4 cm³/mol. The van der Waals surface area contributed by atoms with Crippen molar-refractivity contribution >= 4 is 23.2 Å². The lowest BCUT2D eigenvalue weighted by Gasteiger charge is -2.25. The van der Waals surface area contributed by atoms with Gasteiger partial charge in [0.25, 0.3) is 17.7 Å². The molecule has 2 aromatic rings. The van der Waals surface area contributed by atoms with Gasteiger partial charge in [-0.3, -0.25) is 9.59 Å². The first-order valence-electron chi connectivity index (χ1n) is 7.17. The Labute approximate surface area is 142 Å². The van der Waals surface area contributed by atoms with Crippen LogP contribution < -0.4 is 20.1 Å². The van der Waals surface area contributed by atoms with Crippen molar-refractivity contribution in [1.29, 1.82) is 0 Å². The van der Waals surface area contributed by atoms with E-state index in [4.69, 9.17) is 9.47 Å². The van der Waals surface area contributed by atoms with E-state index in [9.17, 15) is 9.59 Å². The molecule has 126 valence electrons. The van der Waals surface area contributed by atoms with Crippen molar-refractivity contribution in [2.75, 3.05) is 13.8 Å². The molecule has 2 amide bonds. The molecule has 0 saturated heterocycles. The predicted octanol–water partition coefficient (Wildman–Crippen LogP) is 1.29. The lowest BCUT2D eigenvalue weighted by molar-refractivity contribution is 0.0908. The van der Waals surface area contributed by atoms with Crippen LogP contribution in [0.5, 0.6) is 11.6 Å². The highest BCUT2D eigenvalue weighted by Crippen LogP contribution is 2.34. The fourth-order valence-electron chi connectivity index (χ4n) is 2.16. The Morgan fingerprint density at radius 3 is 2.71 bits per heavy atom. The maximum Gasteiger partial charge on any atom is 0.273 e. The molecule has 3 rings (SSSR count). The molecule has 8 nitrogen and oxygen atoms in total. The number of carbonyl (C=O) groups is 2. The van der Waals surface area contributed by atoms with Crippen LogP contribution in [0.2, 0.25) is 0 Å². The fraction of sp³-hybridized carbons (Fsp3) is 0.333. The molecule has 1 aliphatic heterocycles. The van der Waals surface area contributed by atoms with Gasteiger partial charge in [0.05, 0.1) is 11.1 Å². The molecule has 0 atom stereocenters. The summed E-state index contributed by atoms with van der Waals surface area (Å²) in [5, 5.41) is 8.94. The number of hydrogen-bond acceptors (Lipinski definition) is 7. The first kappa shape index (κ1) is 16.2. The van der Waals surface area contributed by atoms with Gasteiger partial charge in [0.2, 0.25) is 12.5 Å². The molecule has 3 heterocycles. The van der Waals surface area contributed by atoms with Crippen molar-refractivity contribution in [2.45, 2.75) is 19.4 Å². The minimum Gasteiger partial charge on any atom is -0.449 e. The average molecular weight is 348 g/mol. The van der Waals surface area contributed by atoms with E-state index >= 15 is 0 Å². The first-order chi connectivity index (χ1) is 11.4. The molecule has 0 fully saturated rings. The van der Waals surface area contributed by atoms with Crippen LogP contribution in [0, 0.1) is 0 Å². The lowest BCUT2D eigenvalue weighted by atomic mass is 10.0. The van der Waals surface area contributed by atoms with E-state index in [-0.39, 0.29) is 35.8 Å². The topological polar surface area (TPSA) is 102 Å². The zero-order valence-corrected chi connectivity index (χ0v) is 14.2. The summed E-state index contributed by atoms with van der Waals surface area (Å²) in [6.07, 6.45) is 0. The normalized spacial score (nSPS) is 12.8. The molecular formula is C15H16N4O4S.